The Balaban J connectivity index is 2.08. The fraction of sp³-hybridized carbons (Fsp3) is 0.0714. The van der Waals surface area contributed by atoms with Crippen LogP contribution >= 0.6 is 15.9 Å². The van der Waals surface area contributed by atoms with Gasteiger partial charge in [0.05, 0.1) is 10.5 Å². The lowest BCUT2D eigenvalue weighted by atomic mass is 10.1. The SMILES string of the molecule is O=C(O)c1ccc(CNS(=O)(=O)c2ccc(Br)cc2)cc1. The third-order valence-corrected chi connectivity index (χ3v) is 4.74. The predicted molar refractivity (Wildman–Crippen MR) is 81.6 cm³/mol. The largest absolute Gasteiger partial charge is 0.478 e. The second-order valence-electron chi connectivity index (χ2n) is 4.28. The molecule has 2 aromatic carbocycles. The Hall–Kier alpha value is -1.70. The minimum absolute atomic E-state index is 0.0955. The molecule has 0 saturated heterocycles. The lowest BCUT2D eigenvalue weighted by Gasteiger charge is -2.07. The fourth-order valence-electron chi connectivity index (χ4n) is 1.64. The van der Waals surface area contributed by atoms with E-state index >= 15 is 0 Å². The van der Waals surface area contributed by atoms with Crippen molar-refractivity contribution in [2.45, 2.75) is 11.4 Å². The third-order valence-electron chi connectivity index (χ3n) is 2.79. The first-order chi connectivity index (χ1) is 9.88. The summed E-state index contributed by atoms with van der Waals surface area (Å²) in [6.45, 7) is 0.0955. The maximum absolute atomic E-state index is 12.1. The van der Waals surface area contributed by atoms with Gasteiger partial charge in [0, 0.05) is 11.0 Å². The smallest absolute Gasteiger partial charge is 0.335 e. The van der Waals surface area contributed by atoms with Crippen LogP contribution in [0.15, 0.2) is 57.9 Å². The van der Waals surface area contributed by atoms with Crippen molar-refractivity contribution in [1.82, 2.24) is 4.72 Å². The molecule has 0 atom stereocenters. The van der Waals surface area contributed by atoms with Gasteiger partial charge in [0.15, 0.2) is 0 Å². The number of benzene rings is 2. The van der Waals surface area contributed by atoms with E-state index in [2.05, 4.69) is 20.7 Å². The van der Waals surface area contributed by atoms with Crippen molar-refractivity contribution < 1.29 is 18.3 Å². The molecule has 0 aliphatic carbocycles. The molecule has 0 saturated carbocycles. The Morgan fingerprint density at radius 3 is 2.14 bits per heavy atom. The predicted octanol–water partition coefficient (Wildman–Crippen LogP) is 2.63. The van der Waals surface area contributed by atoms with Gasteiger partial charge in [-0.1, -0.05) is 28.1 Å². The zero-order valence-corrected chi connectivity index (χ0v) is 13.2. The molecule has 21 heavy (non-hydrogen) atoms. The van der Waals surface area contributed by atoms with Gasteiger partial charge in [-0.15, -0.1) is 0 Å². The maximum Gasteiger partial charge on any atom is 0.335 e. The van der Waals surface area contributed by atoms with E-state index < -0.39 is 16.0 Å². The Morgan fingerprint density at radius 2 is 1.62 bits per heavy atom. The minimum Gasteiger partial charge on any atom is -0.478 e. The molecule has 0 aromatic heterocycles. The van der Waals surface area contributed by atoms with E-state index in [4.69, 9.17) is 5.11 Å². The summed E-state index contributed by atoms with van der Waals surface area (Å²) < 4.78 is 27.4. The molecule has 2 aromatic rings. The first-order valence-corrected chi connectivity index (χ1v) is 8.23. The molecule has 0 unspecified atom stereocenters. The number of hydrogen-bond acceptors (Lipinski definition) is 3. The molecule has 0 aliphatic rings. The number of carboxylic acid groups (broad SMARTS) is 1. The Kier molecular flexibility index (Phi) is 4.76. The number of aromatic carboxylic acids is 1. The summed E-state index contributed by atoms with van der Waals surface area (Å²) in [5, 5.41) is 8.79. The van der Waals surface area contributed by atoms with Crippen LogP contribution in [-0.4, -0.2) is 19.5 Å². The molecule has 2 rings (SSSR count). The molecule has 0 fully saturated rings. The highest BCUT2D eigenvalue weighted by Gasteiger charge is 2.13. The van der Waals surface area contributed by atoms with E-state index in [1.54, 1.807) is 24.3 Å². The third kappa shape index (κ3) is 4.13. The van der Waals surface area contributed by atoms with E-state index in [0.717, 1.165) is 4.47 Å². The van der Waals surface area contributed by atoms with Gasteiger partial charge in [0.2, 0.25) is 10.0 Å². The number of carboxylic acids is 1. The van der Waals surface area contributed by atoms with Crippen LogP contribution < -0.4 is 4.72 Å². The van der Waals surface area contributed by atoms with Crippen LogP contribution in [0.5, 0.6) is 0 Å². The monoisotopic (exact) mass is 369 g/mol. The van der Waals surface area contributed by atoms with Crippen LogP contribution in [0, 0.1) is 0 Å². The molecule has 0 bridgehead atoms. The molecular weight excluding hydrogens is 358 g/mol. The Bertz CT molecular complexity index is 740. The summed E-state index contributed by atoms with van der Waals surface area (Å²) in [7, 11) is -3.59. The van der Waals surface area contributed by atoms with Gasteiger partial charge in [0.1, 0.15) is 0 Å². The summed E-state index contributed by atoms with van der Waals surface area (Å²) >= 11 is 3.24. The molecule has 0 spiro atoms. The van der Waals surface area contributed by atoms with Gasteiger partial charge in [-0.05, 0) is 42.0 Å². The zero-order chi connectivity index (χ0) is 15.5. The highest BCUT2D eigenvalue weighted by Crippen LogP contribution is 2.15. The average molecular weight is 370 g/mol. The van der Waals surface area contributed by atoms with Crippen molar-refractivity contribution in [3.63, 3.8) is 0 Å². The van der Waals surface area contributed by atoms with Crippen molar-refractivity contribution in [1.29, 1.82) is 0 Å². The van der Waals surface area contributed by atoms with Crippen molar-refractivity contribution in [3.05, 3.63) is 64.1 Å². The number of hydrogen-bond donors (Lipinski definition) is 2. The van der Waals surface area contributed by atoms with Crippen LogP contribution in [-0.2, 0) is 16.6 Å². The molecule has 5 nitrogen and oxygen atoms in total. The van der Waals surface area contributed by atoms with Crippen LogP contribution in [0.1, 0.15) is 15.9 Å². The van der Waals surface area contributed by atoms with Crippen molar-refractivity contribution in [3.8, 4) is 0 Å². The molecule has 7 heteroatoms. The normalized spacial score (nSPS) is 11.3. The summed E-state index contributed by atoms with van der Waals surface area (Å²) in [6, 6.07) is 12.3. The Labute approximate surface area is 130 Å². The minimum atomic E-state index is -3.59. The highest BCUT2D eigenvalue weighted by molar-refractivity contribution is 9.10. The summed E-state index contributed by atoms with van der Waals surface area (Å²) in [4.78, 5) is 10.9. The second-order valence-corrected chi connectivity index (χ2v) is 6.96. The molecule has 0 heterocycles. The van der Waals surface area contributed by atoms with Crippen LogP contribution in [0.2, 0.25) is 0 Å². The summed E-state index contributed by atoms with van der Waals surface area (Å²) in [5.41, 5.74) is 0.843. The molecule has 0 radical (unpaired) electrons. The highest BCUT2D eigenvalue weighted by atomic mass is 79.9. The lowest BCUT2D eigenvalue weighted by Crippen LogP contribution is -2.23. The van der Waals surface area contributed by atoms with Gasteiger partial charge in [0.25, 0.3) is 0 Å². The molecule has 110 valence electrons. The van der Waals surface area contributed by atoms with Gasteiger partial charge >= 0.3 is 5.97 Å². The van der Waals surface area contributed by atoms with Crippen LogP contribution in [0.4, 0.5) is 0 Å². The molecule has 0 amide bonds. The molecular formula is C14H12BrNO4S. The van der Waals surface area contributed by atoms with Gasteiger partial charge in [-0.2, -0.15) is 0 Å². The quantitative estimate of drug-likeness (QED) is 0.848. The maximum atomic E-state index is 12.1. The van der Waals surface area contributed by atoms with Gasteiger partial charge in [-0.25, -0.2) is 17.9 Å². The molecule has 2 N–H and O–H groups in total. The number of halogens is 1. The standard InChI is InChI=1S/C14H12BrNO4S/c15-12-5-7-13(8-6-12)21(19,20)16-9-10-1-3-11(4-2-10)14(17)18/h1-8,16H,9H2,(H,17,18). The first-order valence-electron chi connectivity index (χ1n) is 5.96. The van der Waals surface area contributed by atoms with E-state index in [1.165, 1.54) is 24.3 Å². The van der Waals surface area contributed by atoms with Crippen molar-refractivity contribution in [2.75, 3.05) is 0 Å². The van der Waals surface area contributed by atoms with E-state index in [0.29, 0.717) is 5.56 Å². The molecule has 0 aliphatic heterocycles. The zero-order valence-electron chi connectivity index (χ0n) is 10.8. The van der Waals surface area contributed by atoms with Gasteiger partial charge in [-0.3, -0.25) is 0 Å². The van der Waals surface area contributed by atoms with Crippen LogP contribution in [0.25, 0.3) is 0 Å². The number of carbonyl (C=O) groups is 1. The average Bonchev–Trinajstić information content (AvgIpc) is 2.46. The fourth-order valence-corrected chi connectivity index (χ4v) is 2.92. The second kappa shape index (κ2) is 6.38. The van der Waals surface area contributed by atoms with Crippen molar-refractivity contribution in [2.24, 2.45) is 0 Å². The number of rotatable bonds is 5. The topological polar surface area (TPSA) is 83.5 Å². The summed E-state index contributed by atoms with van der Waals surface area (Å²) in [6.07, 6.45) is 0. The number of nitrogens with one attached hydrogen (secondary N) is 1. The van der Waals surface area contributed by atoms with E-state index in [9.17, 15) is 13.2 Å². The number of sulfonamides is 1. The van der Waals surface area contributed by atoms with Crippen molar-refractivity contribution >= 4 is 31.9 Å². The van der Waals surface area contributed by atoms with E-state index in [-0.39, 0.29) is 17.0 Å². The Morgan fingerprint density at radius 1 is 1.05 bits per heavy atom. The van der Waals surface area contributed by atoms with Gasteiger partial charge < -0.3 is 5.11 Å². The first kappa shape index (κ1) is 15.7. The lowest BCUT2D eigenvalue weighted by molar-refractivity contribution is 0.0697. The summed E-state index contributed by atoms with van der Waals surface area (Å²) in [5.74, 6) is -1.02. The van der Waals surface area contributed by atoms with Crippen LogP contribution in [0.3, 0.4) is 0 Å². The van der Waals surface area contributed by atoms with E-state index in [1.807, 2.05) is 0 Å².